The molecule has 11 heteroatoms. The molecule has 0 bridgehead atoms. The molecule has 0 saturated carbocycles. The topological polar surface area (TPSA) is 80.8 Å². The molecule has 1 aromatic carbocycles. The number of alkyl halides is 3. The minimum Gasteiger partial charge on any atom is -0.335 e. The zero-order valence-electron chi connectivity index (χ0n) is 19.0. The minimum atomic E-state index is -4.49. The number of hydrogen-bond acceptors (Lipinski definition) is 5. The molecule has 1 heterocycles. The number of anilines is 1. The number of nitrogens with one attached hydrogen (secondary N) is 4. The monoisotopic (exact) mass is 476 g/mol. The van der Waals surface area contributed by atoms with Gasteiger partial charge in [0.2, 0.25) is 5.91 Å². The lowest BCUT2D eigenvalue weighted by Gasteiger charge is -2.29. The molecule has 180 valence electrons. The van der Waals surface area contributed by atoms with Crippen molar-refractivity contribution in [3.05, 3.63) is 28.8 Å². The highest BCUT2D eigenvalue weighted by Gasteiger charge is 2.44. The van der Waals surface area contributed by atoms with Crippen molar-refractivity contribution in [1.29, 1.82) is 0 Å². The maximum absolute atomic E-state index is 13.5. The first kappa shape index (κ1) is 26.2. The van der Waals surface area contributed by atoms with Gasteiger partial charge in [0.25, 0.3) is 0 Å². The van der Waals surface area contributed by atoms with Crippen LogP contribution >= 0.6 is 11.6 Å². The summed E-state index contributed by atoms with van der Waals surface area (Å²) in [6.07, 6.45) is -4.95. The van der Waals surface area contributed by atoms with Crippen molar-refractivity contribution in [2.45, 2.75) is 40.0 Å². The largest absolute Gasteiger partial charge is 0.392 e. The number of carbonyl (C=O) groups excluding carboxylic acids is 1. The third-order valence-electron chi connectivity index (χ3n) is 5.32. The number of hydrazine groups is 1. The van der Waals surface area contributed by atoms with Crippen molar-refractivity contribution in [3.63, 3.8) is 0 Å². The van der Waals surface area contributed by atoms with Gasteiger partial charge in [-0.25, -0.2) is 5.43 Å². The maximum Gasteiger partial charge on any atom is 0.392 e. The van der Waals surface area contributed by atoms with Gasteiger partial charge in [0, 0.05) is 23.7 Å². The van der Waals surface area contributed by atoms with Crippen molar-refractivity contribution in [1.82, 2.24) is 21.0 Å². The van der Waals surface area contributed by atoms with Crippen LogP contribution in [0.15, 0.2) is 23.2 Å². The van der Waals surface area contributed by atoms with Gasteiger partial charge in [-0.1, -0.05) is 45.4 Å². The SMILES string of the molecule is CCN(C)CC(C(=O)NC(=NCC(C)C)NC1NNc2cc(Cl)ccc21)C(C)C(F)(F)F. The summed E-state index contributed by atoms with van der Waals surface area (Å²) in [5.74, 6) is -3.51. The van der Waals surface area contributed by atoms with Gasteiger partial charge in [-0.3, -0.25) is 15.1 Å². The normalized spacial score (nSPS) is 18.3. The number of halogens is 4. The predicted octanol–water partition coefficient (Wildman–Crippen LogP) is 3.75. The maximum atomic E-state index is 13.5. The average molecular weight is 477 g/mol. The van der Waals surface area contributed by atoms with E-state index in [9.17, 15) is 18.0 Å². The van der Waals surface area contributed by atoms with Gasteiger partial charge in [0.1, 0.15) is 6.17 Å². The minimum absolute atomic E-state index is 0.0228. The summed E-state index contributed by atoms with van der Waals surface area (Å²) in [7, 11) is 1.69. The Morgan fingerprint density at radius 2 is 2.00 bits per heavy atom. The van der Waals surface area contributed by atoms with E-state index in [4.69, 9.17) is 11.6 Å². The van der Waals surface area contributed by atoms with Gasteiger partial charge < -0.3 is 15.6 Å². The summed E-state index contributed by atoms with van der Waals surface area (Å²) in [5, 5.41) is 6.25. The second kappa shape index (κ2) is 11.2. The first-order valence-corrected chi connectivity index (χ1v) is 11.0. The molecule has 0 radical (unpaired) electrons. The molecule has 0 fully saturated rings. The molecule has 0 saturated heterocycles. The number of aliphatic imine (C=N–C) groups is 1. The quantitative estimate of drug-likeness (QED) is 0.339. The lowest BCUT2D eigenvalue weighted by atomic mass is 9.92. The van der Waals surface area contributed by atoms with Crippen molar-refractivity contribution in [2.24, 2.45) is 22.7 Å². The van der Waals surface area contributed by atoms with Gasteiger partial charge >= 0.3 is 6.18 Å². The third kappa shape index (κ3) is 7.25. The molecule has 32 heavy (non-hydrogen) atoms. The van der Waals surface area contributed by atoms with Crippen LogP contribution in [0, 0.1) is 17.8 Å². The molecule has 0 spiro atoms. The van der Waals surface area contributed by atoms with Crippen molar-refractivity contribution < 1.29 is 18.0 Å². The molecule has 4 N–H and O–H groups in total. The predicted molar refractivity (Wildman–Crippen MR) is 121 cm³/mol. The number of guanidine groups is 1. The van der Waals surface area contributed by atoms with Gasteiger partial charge in [-0.05, 0) is 31.6 Å². The standard InChI is InChI=1S/C21H32ClF3N6O/c1-6-31(5)11-16(13(4)21(23,24)25)19(32)28-20(26-10-12(2)3)27-18-15-8-7-14(22)9-17(15)29-30-18/h7-9,12-13,16,18,29-30H,6,10-11H2,1-5H3,(H2,26,27,28,32). The number of rotatable bonds is 8. The molecular weight excluding hydrogens is 445 g/mol. The number of benzene rings is 1. The van der Waals surface area contributed by atoms with Gasteiger partial charge in [0.15, 0.2) is 5.96 Å². The number of amides is 1. The van der Waals surface area contributed by atoms with Crippen LogP contribution < -0.4 is 21.5 Å². The second-order valence-electron chi connectivity index (χ2n) is 8.44. The summed E-state index contributed by atoms with van der Waals surface area (Å²) in [5.41, 5.74) is 7.61. The van der Waals surface area contributed by atoms with E-state index in [1.165, 1.54) is 0 Å². The fraction of sp³-hybridized carbons (Fsp3) is 0.619. The molecule has 1 aromatic rings. The summed E-state index contributed by atoms with van der Waals surface area (Å²) < 4.78 is 40.4. The third-order valence-corrected chi connectivity index (χ3v) is 5.55. The first-order valence-electron chi connectivity index (χ1n) is 10.6. The summed E-state index contributed by atoms with van der Waals surface area (Å²) >= 11 is 6.02. The van der Waals surface area contributed by atoms with E-state index in [1.54, 1.807) is 24.1 Å². The number of fused-ring (bicyclic) bond motifs is 1. The van der Waals surface area contributed by atoms with Crippen LogP contribution in [0.1, 0.15) is 39.4 Å². The van der Waals surface area contributed by atoms with Crippen LogP contribution in [-0.2, 0) is 4.79 Å². The van der Waals surface area contributed by atoms with E-state index >= 15 is 0 Å². The Morgan fingerprint density at radius 3 is 2.59 bits per heavy atom. The van der Waals surface area contributed by atoms with Crippen molar-refractivity contribution >= 4 is 29.2 Å². The molecule has 1 aliphatic rings. The van der Waals surface area contributed by atoms with E-state index in [2.05, 4.69) is 26.5 Å². The highest BCUT2D eigenvalue weighted by molar-refractivity contribution is 6.30. The molecule has 0 aromatic heterocycles. The van der Waals surface area contributed by atoms with Crippen LogP contribution in [0.4, 0.5) is 18.9 Å². The lowest BCUT2D eigenvalue weighted by Crippen LogP contribution is -2.51. The molecule has 0 aliphatic carbocycles. The molecule has 1 aliphatic heterocycles. The molecule has 3 atom stereocenters. The Kier molecular flexibility index (Phi) is 9.18. The zero-order chi connectivity index (χ0) is 24.1. The van der Waals surface area contributed by atoms with Gasteiger partial charge in [-0.15, -0.1) is 0 Å². The number of hydrogen-bond donors (Lipinski definition) is 4. The average Bonchev–Trinajstić information content (AvgIpc) is 3.10. The Labute approximate surface area is 192 Å². The molecule has 2 rings (SSSR count). The highest BCUT2D eigenvalue weighted by atomic mass is 35.5. The fourth-order valence-corrected chi connectivity index (χ4v) is 3.30. The summed E-state index contributed by atoms with van der Waals surface area (Å²) in [6, 6.07) is 5.29. The summed E-state index contributed by atoms with van der Waals surface area (Å²) in [4.78, 5) is 19.1. The first-order chi connectivity index (χ1) is 14.9. The van der Waals surface area contributed by atoms with E-state index in [-0.39, 0.29) is 18.4 Å². The fourth-order valence-electron chi connectivity index (χ4n) is 3.13. The Morgan fingerprint density at radius 1 is 1.31 bits per heavy atom. The van der Waals surface area contributed by atoms with E-state index in [1.807, 2.05) is 26.8 Å². The van der Waals surface area contributed by atoms with Gasteiger partial charge in [-0.2, -0.15) is 13.2 Å². The Hall–Kier alpha value is -2.04. The van der Waals surface area contributed by atoms with Gasteiger partial charge in [0.05, 0.1) is 17.5 Å². The summed E-state index contributed by atoms with van der Waals surface area (Å²) in [6.45, 7) is 7.68. The molecular formula is C21H32ClF3N6O. The Bertz CT molecular complexity index is 817. The zero-order valence-corrected chi connectivity index (χ0v) is 19.7. The van der Waals surface area contributed by atoms with E-state index in [0.717, 1.165) is 18.2 Å². The molecule has 7 nitrogen and oxygen atoms in total. The molecule has 3 unspecified atom stereocenters. The number of nitrogens with zero attached hydrogens (tertiary/aromatic N) is 2. The number of carbonyl (C=O) groups is 1. The van der Waals surface area contributed by atoms with Crippen LogP contribution in [0.2, 0.25) is 5.02 Å². The Balaban J connectivity index is 2.23. The smallest absolute Gasteiger partial charge is 0.335 e. The second-order valence-corrected chi connectivity index (χ2v) is 8.88. The van der Waals surface area contributed by atoms with E-state index < -0.39 is 30.1 Å². The van der Waals surface area contributed by atoms with Crippen molar-refractivity contribution in [2.75, 3.05) is 32.1 Å². The van der Waals surface area contributed by atoms with E-state index in [0.29, 0.717) is 18.1 Å². The van der Waals surface area contributed by atoms with Crippen LogP contribution in [0.5, 0.6) is 0 Å². The molecule has 1 amide bonds. The van der Waals surface area contributed by atoms with Crippen LogP contribution in [-0.4, -0.2) is 49.6 Å². The van der Waals surface area contributed by atoms with Crippen molar-refractivity contribution in [3.8, 4) is 0 Å². The highest BCUT2D eigenvalue weighted by Crippen LogP contribution is 2.32. The lowest BCUT2D eigenvalue weighted by molar-refractivity contribution is -0.187. The van der Waals surface area contributed by atoms with Crippen LogP contribution in [0.25, 0.3) is 0 Å². The van der Waals surface area contributed by atoms with Crippen LogP contribution in [0.3, 0.4) is 0 Å².